The largest absolute Gasteiger partial charge is 0.358 e. The highest BCUT2D eigenvalue weighted by Gasteiger charge is 2.18. The average molecular weight is 382 g/mol. The van der Waals surface area contributed by atoms with Crippen molar-refractivity contribution in [3.63, 3.8) is 0 Å². The van der Waals surface area contributed by atoms with Crippen LogP contribution in [-0.2, 0) is 21.2 Å². The van der Waals surface area contributed by atoms with Gasteiger partial charge in [0.05, 0.1) is 10.9 Å². The molecular weight excluding hydrogens is 362 g/mol. The average Bonchev–Trinajstić information content (AvgIpc) is 2.57. The molecule has 2 aromatic rings. The zero-order valence-corrected chi connectivity index (χ0v) is 15.5. The molecule has 4 N–H and O–H groups in total. The van der Waals surface area contributed by atoms with Crippen LogP contribution in [0, 0.1) is 6.92 Å². The van der Waals surface area contributed by atoms with Gasteiger partial charge in [-0.1, -0.05) is 17.7 Å². The van der Waals surface area contributed by atoms with E-state index < -0.39 is 16.1 Å². The second kappa shape index (κ2) is 7.86. The Morgan fingerprint density at radius 3 is 2.44 bits per heavy atom. The molecule has 1 atom stereocenters. The van der Waals surface area contributed by atoms with E-state index in [4.69, 9.17) is 17.3 Å². The van der Waals surface area contributed by atoms with E-state index in [1.54, 1.807) is 30.3 Å². The van der Waals surface area contributed by atoms with Crippen molar-refractivity contribution in [1.82, 2.24) is 5.32 Å². The summed E-state index contributed by atoms with van der Waals surface area (Å²) in [6.45, 7) is 1.84. The molecule has 0 aliphatic heterocycles. The summed E-state index contributed by atoms with van der Waals surface area (Å²) in [6, 6.07) is 10.4. The Kier molecular flexibility index (Phi) is 6.05. The third-order valence-electron chi connectivity index (χ3n) is 3.75. The van der Waals surface area contributed by atoms with Crippen LogP contribution in [0.3, 0.4) is 0 Å². The molecule has 0 spiro atoms. The second-order valence-electron chi connectivity index (χ2n) is 5.63. The van der Waals surface area contributed by atoms with E-state index in [9.17, 15) is 13.2 Å². The predicted molar refractivity (Wildman–Crippen MR) is 99.2 cm³/mol. The Morgan fingerprint density at radius 1 is 1.20 bits per heavy atom. The molecule has 1 amide bonds. The molecule has 0 saturated carbocycles. The summed E-state index contributed by atoms with van der Waals surface area (Å²) in [5.41, 5.74) is 7.82. The van der Waals surface area contributed by atoms with Gasteiger partial charge >= 0.3 is 0 Å². The summed E-state index contributed by atoms with van der Waals surface area (Å²) >= 11 is 5.80. The number of halogens is 1. The highest BCUT2D eigenvalue weighted by molar-refractivity contribution is 7.92. The molecule has 25 heavy (non-hydrogen) atoms. The maximum Gasteiger partial charge on any atom is 0.261 e. The zero-order valence-electron chi connectivity index (χ0n) is 13.9. The predicted octanol–water partition coefficient (Wildman–Crippen LogP) is 2.07. The van der Waals surface area contributed by atoms with Crippen molar-refractivity contribution in [2.75, 3.05) is 11.8 Å². The fourth-order valence-corrected chi connectivity index (χ4v) is 3.52. The van der Waals surface area contributed by atoms with Crippen molar-refractivity contribution in [1.29, 1.82) is 0 Å². The molecule has 6 nitrogen and oxygen atoms in total. The van der Waals surface area contributed by atoms with Gasteiger partial charge in [0.1, 0.15) is 0 Å². The number of hydrogen-bond donors (Lipinski definition) is 3. The number of hydrogen-bond acceptors (Lipinski definition) is 4. The number of amides is 1. The van der Waals surface area contributed by atoms with Crippen LogP contribution >= 0.6 is 11.6 Å². The SMILES string of the molecule is CNC(=O)[C@@H](N)Cc1cc(S(=O)(=O)Nc2ccc(Cl)cc2)ccc1C. The topological polar surface area (TPSA) is 101 Å². The van der Waals surface area contributed by atoms with E-state index in [1.165, 1.54) is 19.2 Å². The minimum absolute atomic E-state index is 0.104. The molecule has 0 heterocycles. The van der Waals surface area contributed by atoms with E-state index in [2.05, 4.69) is 10.0 Å². The third-order valence-corrected chi connectivity index (χ3v) is 5.38. The first-order chi connectivity index (χ1) is 11.7. The van der Waals surface area contributed by atoms with Gasteiger partial charge in [-0.05, 0) is 60.9 Å². The lowest BCUT2D eigenvalue weighted by atomic mass is 10.0. The number of sulfonamides is 1. The molecule has 0 saturated heterocycles. The minimum atomic E-state index is -3.76. The standard InChI is InChI=1S/C17H20ClN3O3S/c1-11-3-8-15(9-12(11)10-16(19)17(22)20-2)25(23,24)21-14-6-4-13(18)5-7-14/h3-9,16,21H,10,19H2,1-2H3,(H,20,22)/t16-/m0/s1. The first kappa shape index (κ1) is 19.2. The Labute approximate surface area is 152 Å². The van der Waals surface area contributed by atoms with Crippen LogP contribution in [0.4, 0.5) is 5.69 Å². The van der Waals surface area contributed by atoms with Crippen molar-refractivity contribution < 1.29 is 13.2 Å². The van der Waals surface area contributed by atoms with Crippen LogP contribution in [0.25, 0.3) is 0 Å². The van der Waals surface area contributed by atoms with Gasteiger partial charge in [0.2, 0.25) is 5.91 Å². The molecule has 0 aromatic heterocycles. The van der Waals surface area contributed by atoms with Gasteiger partial charge in [-0.2, -0.15) is 0 Å². The Bertz CT molecular complexity index is 867. The van der Waals surface area contributed by atoms with Gasteiger partial charge in [-0.3, -0.25) is 9.52 Å². The van der Waals surface area contributed by atoms with Crippen molar-refractivity contribution in [3.05, 3.63) is 58.6 Å². The van der Waals surface area contributed by atoms with Gasteiger partial charge in [0.15, 0.2) is 0 Å². The monoisotopic (exact) mass is 381 g/mol. The van der Waals surface area contributed by atoms with E-state index in [0.29, 0.717) is 16.3 Å². The summed E-state index contributed by atoms with van der Waals surface area (Å²) in [6.07, 6.45) is 0.246. The molecule has 0 bridgehead atoms. The number of nitrogens with two attached hydrogens (primary N) is 1. The number of carbonyl (C=O) groups excluding carboxylic acids is 1. The molecule has 8 heteroatoms. The molecular formula is C17H20ClN3O3S. The van der Waals surface area contributed by atoms with Crippen molar-refractivity contribution in [2.45, 2.75) is 24.3 Å². The van der Waals surface area contributed by atoms with E-state index in [-0.39, 0.29) is 17.2 Å². The molecule has 0 radical (unpaired) electrons. The van der Waals surface area contributed by atoms with Crippen molar-refractivity contribution in [2.24, 2.45) is 5.73 Å². The zero-order chi connectivity index (χ0) is 18.6. The van der Waals surface area contributed by atoms with Gasteiger partial charge in [-0.15, -0.1) is 0 Å². The van der Waals surface area contributed by atoms with E-state index >= 15 is 0 Å². The lowest BCUT2D eigenvalue weighted by Gasteiger charge is -2.14. The molecule has 0 fully saturated rings. The minimum Gasteiger partial charge on any atom is -0.358 e. The highest BCUT2D eigenvalue weighted by Crippen LogP contribution is 2.21. The van der Waals surface area contributed by atoms with Crippen LogP contribution < -0.4 is 15.8 Å². The fraction of sp³-hybridized carbons (Fsp3) is 0.235. The summed E-state index contributed by atoms with van der Waals surface area (Å²) in [5, 5.41) is 3.00. The number of carbonyl (C=O) groups is 1. The van der Waals surface area contributed by atoms with E-state index in [1.807, 2.05) is 6.92 Å². The summed E-state index contributed by atoms with van der Waals surface area (Å²) < 4.78 is 27.6. The van der Waals surface area contributed by atoms with Crippen LogP contribution in [-0.4, -0.2) is 27.4 Å². The van der Waals surface area contributed by atoms with Gasteiger partial charge in [0, 0.05) is 17.8 Å². The number of benzene rings is 2. The molecule has 2 aromatic carbocycles. The first-order valence-electron chi connectivity index (χ1n) is 7.58. The van der Waals surface area contributed by atoms with Crippen molar-refractivity contribution in [3.8, 4) is 0 Å². The number of rotatable bonds is 6. The van der Waals surface area contributed by atoms with Crippen LogP contribution in [0.5, 0.6) is 0 Å². The fourth-order valence-electron chi connectivity index (χ4n) is 2.28. The number of likely N-dealkylation sites (N-methyl/N-ethyl adjacent to an activating group) is 1. The quantitative estimate of drug-likeness (QED) is 0.712. The second-order valence-corrected chi connectivity index (χ2v) is 7.74. The van der Waals surface area contributed by atoms with E-state index in [0.717, 1.165) is 5.56 Å². The smallest absolute Gasteiger partial charge is 0.261 e. The Morgan fingerprint density at radius 2 is 1.84 bits per heavy atom. The molecule has 0 unspecified atom stereocenters. The maximum atomic E-state index is 12.6. The lowest BCUT2D eigenvalue weighted by molar-refractivity contribution is -0.121. The van der Waals surface area contributed by atoms with Gasteiger partial charge < -0.3 is 11.1 Å². The van der Waals surface area contributed by atoms with Crippen LogP contribution in [0.2, 0.25) is 5.02 Å². The Balaban J connectivity index is 2.27. The normalized spacial score (nSPS) is 12.5. The van der Waals surface area contributed by atoms with Gasteiger partial charge in [-0.25, -0.2) is 8.42 Å². The molecule has 134 valence electrons. The Hall–Kier alpha value is -2.09. The maximum absolute atomic E-state index is 12.6. The molecule has 2 rings (SSSR count). The first-order valence-corrected chi connectivity index (χ1v) is 9.44. The number of nitrogens with one attached hydrogen (secondary N) is 2. The number of aryl methyl sites for hydroxylation is 1. The summed E-state index contributed by atoms with van der Waals surface area (Å²) in [5.74, 6) is -0.299. The third kappa shape index (κ3) is 4.94. The summed E-state index contributed by atoms with van der Waals surface area (Å²) in [7, 11) is -2.26. The van der Waals surface area contributed by atoms with Gasteiger partial charge in [0.25, 0.3) is 10.0 Å². The molecule has 0 aliphatic carbocycles. The lowest BCUT2D eigenvalue weighted by Crippen LogP contribution is -2.40. The van der Waals surface area contributed by atoms with Crippen LogP contribution in [0.15, 0.2) is 47.4 Å². The highest BCUT2D eigenvalue weighted by atomic mass is 35.5. The summed E-state index contributed by atoms with van der Waals surface area (Å²) in [4.78, 5) is 11.7. The molecule has 0 aliphatic rings. The number of anilines is 1. The van der Waals surface area contributed by atoms with Crippen molar-refractivity contribution >= 4 is 33.2 Å². The van der Waals surface area contributed by atoms with Crippen LogP contribution in [0.1, 0.15) is 11.1 Å².